The van der Waals surface area contributed by atoms with E-state index in [2.05, 4.69) is 20.4 Å². The van der Waals surface area contributed by atoms with Crippen molar-refractivity contribution < 1.29 is 18.0 Å². The topological polar surface area (TPSA) is 63.1 Å². The van der Waals surface area contributed by atoms with Crippen molar-refractivity contribution in [1.82, 2.24) is 25.0 Å². The molecule has 2 aromatic heterocycles. The Morgan fingerprint density at radius 3 is 2.67 bits per heavy atom. The zero-order chi connectivity index (χ0) is 23.4. The third kappa shape index (κ3) is 5.96. The maximum atomic E-state index is 13.3. The van der Waals surface area contributed by atoms with E-state index >= 15 is 0 Å². The van der Waals surface area contributed by atoms with Crippen LogP contribution in [0.25, 0.3) is 5.69 Å². The Morgan fingerprint density at radius 1 is 1.18 bits per heavy atom. The van der Waals surface area contributed by atoms with Crippen LogP contribution < -0.4 is 5.32 Å². The smallest absolute Gasteiger partial charge is 0.344 e. The van der Waals surface area contributed by atoms with Crippen LogP contribution >= 0.6 is 23.1 Å². The minimum Gasteiger partial charge on any atom is -0.344 e. The highest BCUT2D eigenvalue weighted by molar-refractivity contribution is 7.99. The Balaban J connectivity index is 1.56. The van der Waals surface area contributed by atoms with Crippen LogP contribution in [0.2, 0.25) is 0 Å². The molecule has 0 unspecified atom stereocenters. The van der Waals surface area contributed by atoms with Crippen molar-refractivity contribution in [2.75, 3.05) is 25.4 Å². The van der Waals surface area contributed by atoms with Gasteiger partial charge in [0.25, 0.3) is 5.91 Å². The quantitative estimate of drug-likeness (QED) is 0.456. The summed E-state index contributed by atoms with van der Waals surface area (Å²) in [6.07, 6.45) is -2.07. The highest BCUT2D eigenvalue weighted by Crippen LogP contribution is 2.31. The van der Waals surface area contributed by atoms with Crippen LogP contribution in [0.3, 0.4) is 0 Å². The lowest BCUT2D eigenvalue weighted by Crippen LogP contribution is -2.24. The number of hydrogen-bond acceptors (Lipinski definition) is 6. The maximum absolute atomic E-state index is 13.3. The summed E-state index contributed by atoms with van der Waals surface area (Å²) in [6.45, 7) is 4.98. The number of likely N-dealkylation sites (tertiary alicyclic amines) is 1. The molecule has 3 aromatic rings. The largest absolute Gasteiger partial charge is 0.416 e. The highest BCUT2D eigenvalue weighted by Gasteiger charge is 2.31. The van der Waals surface area contributed by atoms with E-state index in [-0.39, 0.29) is 12.5 Å². The van der Waals surface area contributed by atoms with E-state index in [1.165, 1.54) is 42.0 Å². The number of benzene rings is 1. The summed E-state index contributed by atoms with van der Waals surface area (Å²) in [5, 5.41) is 11.7. The number of amides is 1. The molecule has 3 heterocycles. The van der Waals surface area contributed by atoms with Crippen molar-refractivity contribution in [1.29, 1.82) is 0 Å². The number of nitrogens with zero attached hydrogens (tertiary/aromatic N) is 4. The number of aromatic nitrogens is 3. The van der Waals surface area contributed by atoms with Gasteiger partial charge >= 0.3 is 6.18 Å². The molecule has 1 amide bonds. The number of hydrogen-bond donors (Lipinski definition) is 1. The van der Waals surface area contributed by atoms with Crippen LogP contribution in [0.4, 0.5) is 13.2 Å². The predicted octanol–water partition coefficient (Wildman–Crippen LogP) is 4.77. The molecule has 0 bridgehead atoms. The number of thiophene rings is 1. The molecule has 0 atom stereocenters. The van der Waals surface area contributed by atoms with Crippen molar-refractivity contribution in [3.8, 4) is 5.69 Å². The highest BCUT2D eigenvalue weighted by atomic mass is 32.2. The van der Waals surface area contributed by atoms with E-state index in [0.717, 1.165) is 42.4 Å². The SMILES string of the molecule is Cc1ccc(C(=O)NCc2nnc(SCCN3CCCC3)n2-c2cccc(C(F)(F)F)c2)s1. The molecule has 1 aromatic carbocycles. The number of nitrogens with one attached hydrogen (secondary N) is 1. The third-order valence-corrected chi connectivity index (χ3v) is 7.25. The first kappa shape index (κ1) is 23.8. The number of aryl methyl sites for hydroxylation is 1. The van der Waals surface area contributed by atoms with Crippen LogP contribution in [0.1, 0.15) is 38.8 Å². The second kappa shape index (κ2) is 10.3. The van der Waals surface area contributed by atoms with Crippen molar-refractivity contribution in [3.05, 3.63) is 57.5 Å². The van der Waals surface area contributed by atoms with Gasteiger partial charge < -0.3 is 10.2 Å². The number of carbonyl (C=O) groups is 1. The molecule has 0 radical (unpaired) electrons. The van der Waals surface area contributed by atoms with Crippen LogP contribution in [0, 0.1) is 6.92 Å². The molecule has 1 saturated heterocycles. The molecule has 1 N–H and O–H groups in total. The second-order valence-electron chi connectivity index (χ2n) is 7.77. The summed E-state index contributed by atoms with van der Waals surface area (Å²) < 4.78 is 41.6. The number of halogens is 3. The zero-order valence-electron chi connectivity index (χ0n) is 18.1. The standard InChI is InChI=1S/C22H24F3N5OS2/c1-15-7-8-18(33-15)20(31)26-14-19-27-28-21(32-12-11-29-9-2-3-10-29)30(19)17-6-4-5-16(13-17)22(23,24)25/h4-8,13H,2-3,9-12,14H2,1H3,(H,26,31). The second-order valence-corrected chi connectivity index (χ2v) is 10.1. The molecular weight excluding hydrogens is 471 g/mol. The third-order valence-electron chi connectivity index (χ3n) is 5.34. The summed E-state index contributed by atoms with van der Waals surface area (Å²) in [6, 6.07) is 8.69. The number of thioether (sulfide) groups is 1. The first-order chi connectivity index (χ1) is 15.8. The van der Waals surface area contributed by atoms with Gasteiger partial charge in [-0.25, -0.2) is 0 Å². The molecule has 1 aliphatic heterocycles. The van der Waals surface area contributed by atoms with Gasteiger partial charge in [0.1, 0.15) is 0 Å². The molecule has 6 nitrogen and oxygen atoms in total. The first-order valence-corrected chi connectivity index (χ1v) is 12.4. The number of carbonyl (C=O) groups excluding carboxylic acids is 1. The molecule has 1 fully saturated rings. The van der Waals surface area contributed by atoms with Crippen LogP contribution in [-0.4, -0.2) is 51.0 Å². The molecular formula is C22H24F3N5OS2. The van der Waals surface area contributed by atoms with E-state index in [1.54, 1.807) is 16.7 Å². The lowest BCUT2D eigenvalue weighted by molar-refractivity contribution is -0.137. The molecule has 11 heteroatoms. The Bertz CT molecular complexity index is 1110. The van der Waals surface area contributed by atoms with Gasteiger partial charge in [0.15, 0.2) is 11.0 Å². The van der Waals surface area contributed by atoms with E-state index in [4.69, 9.17) is 0 Å². The fraction of sp³-hybridized carbons (Fsp3) is 0.409. The Morgan fingerprint density at radius 2 is 1.97 bits per heavy atom. The van der Waals surface area contributed by atoms with Crippen LogP contribution in [0.5, 0.6) is 0 Å². The van der Waals surface area contributed by atoms with Crippen molar-refractivity contribution in [2.24, 2.45) is 0 Å². The lowest BCUT2D eigenvalue weighted by Gasteiger charge is -2.15. The Kier molecular flexibility index (Phi) is 7.40. The molecule has 176 valence electrons. The van der Waals surface area contributed by atoms with Gasteiger partial charge in [-0.2, -0.15) is 13.2 Å². The maximum Gasteiger partial charge on any atom is 0.416 e. The molecule has 33 heavy (non-hydrogen) atoms. The average molecular weight is 496 g/mol. The normalized spacial score (nSPS) is 14.7. The van der Waals surface area contributed by atoms with Gasteiger partial charge in [-0.05, 0) is 63.2 Å². The van der Waals surface area contributed by atoms with Crippen molar-refractivity contribution in [2.45, 2.75) is 37.6 Å². The monoisotopic (exact) mass is 495 g/mol. The van der Waals surface area contributed by atoms with E-state index in [9.17, 15) is 18.0 Å². The van der Waals surface area contributed by atoms with E-state index in [1.807, 2.05) is 13.0 Å². The van der Waals surface area contributed by atoms with Crippen LogP contribution in [0.15, 0.2) is 41.6 Å². The zero-order valence-corrected chi connectivity index (χ0v) is 19.7. The Labute approximate surface area is 198 Å². The van der Waals surface area contributed by atoms with Gasteiger partial charge in [0, 0.05) is 17.2 Å². The van der Waals surface area contributed by atoms with Crippen LogP contribution in [-0.2, 0) is 12.7 Å². The molecule has 0 spiro atoms. The summed E-state index contributed by atoms with van der Waals surface area (Å²) in [5.41, 5.74) is -0.430. The van der Waals surface area contributed by atoms with Gasteiger partial charge in [-0.1, -0.05) is 17.8 Å². The fourth-order valence-electron chi connectivity index (χ4n) is 3.66. The molecule has 0 aliphatic carbocycles. The first-order valence-electron chi connectivity index (χ1n) is 10.6. The van der Waals surface area contributed by atoms with E-state index < -0.39 is 11.7 Å². The fourth-order valence-corrected chi connectivity index (χ4v) is 5.42. The average Bonchev–Trinajstić information content (AvgIpc) is 3.53. The Hall–Kier alpha value is -2.37. The minimum atomic E-state index is -4.46. The molecule has 4 rings (SSSR count). The summed E-state index contributed by atoms with van der Waals surface area (Å²) in [7, 11) is 0. The van der Waals surface area contributed by atoms with Gasteiger partial charge in [0.05, 0.1) is 22.7 Å². The summed E-state index contributed by atoms with van der Waals surface area (Å²) in [5.74, 6) is 0.868. The predicted molar refractivity (Wildman–Crippen MR) is 123 cm³/mol. The lowest BCUT2D eigenvalue weighted by atomic mass is 10.2. The van der Waals surface area contributed by atoms with E-state index in [0.29, 0.717) is 21.5 Å². The minimum absolute atomic E-state index is 0.0473. The van der Waals surface area contributed by atoms with Gasteiger partial charge in [-0.3, -0.25) is 9.36 Å². The summed E-state index contributed by atoms with van der Waals surface area (Å²) in [4.78, 5) is 16.4. The van der Waals surface area contributed by atoms with Crippen molar-refractivity contribution in [3.63, 3.8) is 0 Å². The van der Waals surface area contributed by atoms with Gasteiger partial charge in [0.2, 0.25) is 0 Å². The number of rotatable bonds is 8. The number of alkyl halides is 3. The summed E-state index contributed by atoms with van der Waals surface area (Å²) >= 11 is 2.83. The molecule has 1 aliphatic rings. The molecule has 0 saturated carbocycles. The van der Waals surface area contributed by atoms with Gasteiger partial charge in [-0.15, -0.1) is 21.5 Å². The van der Waals surface area contributed by atoms with Crippen molar-refractivity contribution >= 4 is 29.0 Å².